The molecule has 0 radical (unpaired) electrons. The van der Waals surface area contributed by atoms with Crippen molar-refractivity contribution in [3.63, 3.8) is 0 Å². The highest BCUT2D eigenvalue weighted by Crippen LogP contribution is 2.46. The van der Waals surface area contributed by atoms with Crippen LogP contribution in [0.4, 0.5) is 0 Å². The highest BCUT2D eigenvalue weighted by molar-refractivity contribution is 6.22. The van der Waals surface area contributed by atoms with Gasteiger partial charge in [-0.15, -0.1) is 0 Å². The van der Waals surface area contributed by atoms with Gasteiger partial charge in [-0.3, -0.25) is 9.97 Å². The molecule has 0 fully saturated rings. The molecule has 0 saturated heterocycles. The molecule has 11 aromatic rings. The van der Waals surface area contributed by atoms with Crippen LogP contribution in [0.15, 0.2) is 182 Å². The standard InChI is InChI=1S/C55H38N2/c1-3-45-33-50(49-28-25-37-20-19-34(2)56-54(37)55(49)57-45)42-16-10-15-40(29-42)41-26-27-48-51(32-41)53(44-24-22-36-12-5-7-14-39(36)31-44)47-18-9-8-17-46(47)52(48)43-23-21-35-11-4-6-13-38(35)30-43/h4-33H,3H2,1-2H3. The lowest BCUT2D eigenvalue weighted by molar-refractivity contribution is 1.06. The van der Waals surface area contributed by atoms with Gasteiger partial charge < -0.3 is 0 Å². The topological polar surface area (TPSA) is 25.8 Å². The van der Waals surface area contributed by atoms with Crippen molar-refractivity contribution in [2.75, 3.05) is 0 Å². The minimum absolute atomic E-state index is 0.848. The molecule has 0 spiro atoms. The Morgan fingerprint density at radius 3 is 1.60 bits per heavy atom. The van der Waals surface area contributed by atoms with E-state index < -0.39 is 0 Å². The summed E-state index contributed by atoms with van der Waals surface area (Å²) in [5.41, 5.74) is 13.7. The predicted octanol–water partition coefficient (Wildman–Crippen LogP) is 14.9. The van der Waals surface area contributed by atoms with Crippen LogP contribution in [0.1, 0.15) is 18.3 Å². The molecule has 0 aliphatic carbocycles. The minimum Gasteiger partial charge on any atom is -0.251 e. The van der Waals surface area contributed by atoms with Crippen LogP contribution < -0.4 is 0 Å². The van der Waals surface area contributed by atoms with E-state index in [-0.39, 0.29) is 0 Å². The smallest absolute Gasteiger partial charge is 0.0974 e. The second-order valence-electron chi connectivity index (χ2n) is 15.3. The van der Waals surface area contributed by atoms with E-state index in [1.54, 1.807) is 0 Å². The second kappa shape index (κ2) is 13.3. The zero-order valence-electron chi connectivity index (χ0n) is 31.9. The van der Waals surface area contributed by atoms with Gasteiger partial charge in [0.1, 0.15) is 0 Å². The molecule has 2 heterocycles. The van der Waals surface area contributed by atoms with Crippen LogP contribution in [0, 0.1) is 6.92 Å². The maximum Gasteiger partial charge on any atom is 0.0974 e. The highest BCUT2D eigenvalue weighted by Gasteiger charge is 2.19. The highest BCUT2D eigenvalue weighted by atomic mass is 14.8. The van der Waals surface area contributed by atoms with Crippen molar-refractivity contribution >= 4 is 64.9 Å². The quantitative estimate of drug-likeness (QED) is 0.130. The molecule has 0 bridgehead atoms. The van der Waals surface area contributed by atoms with Gasteiger partial charge in [-0.25, -0.2) is 0 Å². The van der Waals surface area contributed by atoms with Gasteiger partial charge >= 0.3 is 0 Å². The predicted molar refractivity (Wildman–Crippen MR) is 243 cm³/mol. The number of hydrogen-bond acceptors (Lipinski definition) is 2. The first-order chi connectivity index (χ1) is 28.1. The third kappa shape index (κ3) is 5.56. The molecule has 0 saturated carbocycles. The Morgan fingerprint density at radius 1 is 0.351 bits per heavy atom. The maximum atomic E-state index is 5.13. The van der Waals surface area contributed by atoms with Crippen molar-refractivity contribution in [2.45, 2.75) is 20.3 Å². The van der Waals surface area contributed by atoms with E-state index in [4.69, 9.17) is 9.97 Å². The Balaban J connectivity index is 1.16. The second-order valence-corrected chi connectivity index (χ2v) is 15.3. The summed E-state index contributed by atoms with van der Waals surface area (Å²) in [4.78, 5) is 10.1. The summed E-state index contributed by atoms with van der Waals surface area (Å²) in [5.74, 6) is 0. The Morgan fingerprint density at radius 2 is 0.895 bits per heavy atom. The molecule has 57 heavy (non-hydrogen) atoms. The van der Waals surface area contributed by atoms with Crippen molar-refractivity contribution < 1.29 is 0 Å². The average molecular weight is 727 g/mol. The molecule has 0 unspecified atom stereocenters. The summed E-state index contributed by atoms with van der Waals surface area (Å²) < 4.78 is 0. The SMILES string of the molecule is CCc1cc(-c2cccc(-c3ccc4c(-c5ccc6ccccc6c5)c5ccccc5c(-c5ccc6ccccc6c5)c4c3)c2)c2ccc3ccc(C)nc3c2n1. The van der Waals surface area contributed by atoms with Gasteiger partial charge in [-0.2, -0.15) is 0 Å². The fraction of sp³-hybridized carbons (Fsp3) is 0.0545. The van der Waals surface area contributed by atoms with Gasteiger partial charge in [0.05, 0.1) is 11.0 Å². The molecule has 2 aromatic heterocycles. The van der Waals surface area contributed by atoms with Crippen LogP contribution in [0.5, 0.6) is 0 Å². The molecule has 0 aliphatic rings. The van der Waals surface area contributed by atoms with E-state index in [0.29, 0.717) is 0 Å². The van der Waals surface area contributed by atoms with Gasteiger partial charge in [0.25, 0.3) is 0 Å². The monoisotopic (exact) mass is 726 g/mol. The molecule has 0 N–H and O–H groups in total. The number of rotatable bonds is 5. The van der Waals surface area contributed by atoms with Crippen molar-refractivity contribution in [3.05, 3.63) is 193 Å². The van der Waals surface area contributed by atoms with E-state index in [1.165, 1.54) is 87.6 Å². The molecule has 9 aromatic carbocycles. The minimum atomic E-state index is 0.848. The molecule has 2 nitrogen and oxygen atoms in total. The fourth-order valence-corrected chi connectivity index (χ4v) is 8.98. The number of nitrogens with zero attached hydrogens (tertiary/aromatic N) is 2. The van der Waals surface area contributed by atoms with Gasteiger partial charge in [0, 0.05) is 22.2 Å². The van der Waals surface area contributed by atoms with E-state index in [2.05, 4.69) is 196 Å². The van der Waals surface area contributed by atoms with E-state index in [1.807, 2.05) is 0 Å². The van der Waals surface area contributed by atoms with Gasteiger partial charge in [-0.05, 0) is 137 Å². The number of benzene rings is 9. The third-order valence-electron chi connectivity index (χ3n) is 11.8. The Kier molecular flexibility index (Phi) is 7.72. The lowest BCUT2D eigenvalue weighted by Crippen LogP contribution is -1.95. The van der Waals surface area contributed by atoms with Crippen molar-refractivity contribution in [1.29, 1.82) is 0 Å². The summed E-state index contributed by atoms with van der Waals surface area (Å²) in [6, 6.07) is 67.1. The zero-order chi connectivity index (χ0) is 38.0. The number of aromatic nitrogens is 2. The normalized spacial score (nSPS) is 11.8. The summed E-state index contributed by atoms with van der Waals surface area (Å²) in [6.45, 7) is 4.23. The summed E-state index contributed by atoms with van der Waals surface area (Å²) >= 11 is 0. The molecule has 2 heteroatoms. The van der Waals surface area contributed by atoms with E-state index in [0.717, 1.165) is 39.6 Å². The van der Waals surface area contributed by atoms with E-state index in [9.17, 15) is 0 Å². The van der Waals surface area contributed by atoms with Gasteiger partial charge in [0.15, 0.2) is 0 Å². The average Bonchev–Trinajstić information content (AvgIpc) is 3.27. The fourth-order valence-electron chi connectivity index (χ4n) is 8.98. The molecule has 0 amide bonds. The third-order valence-corrected chi connectivity index (χ3v) is 11.8. The number of fused-ring (bicyclic) bond motifs is 7. The van der Waals surface area contributed by atoms with E-state index >= 15 is 0 Å². The first-order valence-electron chi connectivity index (χ1n) is 19.9. The lowest BCUT2D eigenvalue weighted by atomic mass is 9.84. The first-order valence-corrected chi connectivity index (χ1v) is 19.9. The number of hydrogen-bond donors (Lipinski definition) is 0. The number of aryl methyl sites for hydroxylation is 2. The Labute approximate surface area is 331 Å². The van der Waals surface area contributed by atoms with Gasteiger partial charge in [0.2, 0.25) is 0 Å². The lowest BCUT2D eigenvalue weighted by Gasteiger charge is -2.19. The molecule has 0 atom stereocenters. The summed E-state index contributed by atoms with van der Waals surface area (Å²) in [5, 5.41) is 12.2. The van der Waals surface area contributed by atoms with Gasteiger partial charge in [-0.1, -0.05) is 153 Å². The largest absolute Gasteiger partial charge is 0.251 e. The molecular weight excluding hydrogens is 689 g/mol. The maximum absolute atomic E-state index is 5.13. The molecule has 0 aliphatic heterocycles. The number of pyridine rings is 2. The Bertz CT molecular complexity index is 3410. The van der Waals surface area contributed by atoms with Crippen LogP contribution >= 0.6 is 0 Å². The summed E-state index contributed by atoms with van der Waals surface area (Å²) in [7, 11) is 0. The van der Waals surface area contributed by atoms with Crippen LogP contribution in [-0.2, 0) is 6.42 Å². The van der Waals surface area contributed by atoms with Crippen LogP contribution in [0.2, 0.25) is 0 Å². The first kappa shape index (κ1) is 33.2. The van der Waals surface area contributed by atoms with Crippen LogP contribution in [-0.4, -0.2) is 9.97 Å². The molecule has 11 rings (SSSR count). The molecule has 268 valence electrons. The molecular formula is C55H38N2. The van der Waals surface area contributed by atoms with Crippen molar-refractivity contribution in [1.82, 2.24) is 9.97 Å². The van der Waals surface area contributed by atoms with Crippen LogP contribution in [0.25, 0.3) is 109 Å². The van der Waals surface area contributed by atoms with Crippen molar-refractivity contribution in [2.24, 2.45) is 0 Å². The van der Waals surface area contributed by atoms with Crippen molar-refractivity contribution in [3.8, 4) is 44.5 Å². The Hall–Kier alpha value is -7.16. The summed E-state index contributed by atoms with van der Waals surface area (Å²) in [6.07, 6.45) is 0.848. The van der Waals surface area contributed by atoms with Crippen LogP contribution in [0.3, 0.4) is 0 Å². The zero-order valence-corrected chi connectivity index (χ0v) is 31.9.